The monoisotopic (exact) mass is 227 g/mol. The van der Waals surface area contributed by atoms with Crippen LogP contribution >= 0.6 is 0 Å². The molecular formula is C14H13NO2. The molecule has 1 aromatic carbocycles. The first-order valence-corrected chi connectivity index (χ1v) is 5.87. The Morgan fingerprint density at radius 1 is 1.12 bits per heavy atom. The first kappa shape index (κ1) is 10.3. The molecule has 0 aromatic heterocycles. The highest BCUT2D eigenvalue weighted by Gasteiger charge is 2.41. The van der Waals surface area contributed by atoms with Gasteiger partial charge in [-0.15, -0.1) is 0 Å². The smallest absolute Gasteiger partial charge is 0.262 e. The summed E-state index contributed by atoms with van der Waals surface area (Å²) in [6.07, 6.45) is 0.612. The van der Waals surface area contributed by atoms with Crippen LogP contribution in [0.25, 0.3) is 0 Å². The minimum atomic E-state index is -0.146. The predicted molar refractivity (Wildman–Crippen MR) is 64.7 cm³/mol. The number of hydrogen-bond donors (Lipinski definition) is 0. The third kappa shape index (κ3) is 1.16. The fraction of sp³-hybridized carbons (Fsp3) is 0.286. The molecule has 1 unspecified atom stereocenters. The van der Waals surface area contributed by atoms with Crippen LogP contribution < -0.4 is 4.90 Å². The highest BCUT2D eigenvalue weighted by molar-refractivity contribution is 6.33. The van der Waals surface area contributed by atoms with E-state index in [1.807, 2.05) is 38.1 Å². The molecule has 3 aliphatic heterocycles. The molecule has 3 nitrogen and oxygen atoms in total. The number of imide groups is 1. The number of fused-ring (bicyclic) bond motifs is 2. The summed E-state index contributed by atoms with van der Waals surface area (Å²) in [5.41, 5.74) is 3.12. The SMILES string of the molecule is CCC1=C2C(=O)N(C1=O)c1ccc(cc1)C2C. The highest BCUT2D eigenvalue weighted by Crippen LogP contribution is 2.39. The van der Waals surface area contributed by atoms with Gasteiger partial charge in [-0.1, -0.05) is 26.0 Å². The average molecular weight is 227 g/mol. The van der Waals surface area contributed by atoms with Crippen LogP contribution in [0.2, 0.25) is 0 Å². The van der Waals surface area contributed by atoms with Crippen molar-refractivity contribution in [1.29, 1.82) is 0 Å². The molecule has 3 aliphatic rings. The molecule has 0 aliphatic carbocycles. The Morgan fingerprint density at radius 3 is 2.35 bits per heavy atom. The summed E-state index contributed by atoms with van der Waals surface area (Å²) in [6.45, 7) is 3.91. The molecule has 3 heteroatoms. The van der Waals surface area contributed by atoms with Gasteiger partial charge in [0, 0.05) is 17.1 Å². The van der Waals surface area contributed by atoms with Crippen LogP contribution in [0.1, 0.15) is 31.7 Å². The lowest BCUT2D eigenvalue weighted by Gasteiger charge is -2.21. The van der Waals surface area contributed by atoms with Crippen LogP contribution in [0, 0.1) is 0 Å². The van der Waals surface area contributed by atoms with Crippen molar-refractivity contribution >= 4 is 17.5 Å². The third-order valence-electron chi connectivity index (χ3n) is 3.66. The molecule has 0 N–H and O–H groups in total. The van der Waals surface area contributed by atoms with Gasteiger partial charge in [0.25, 0.3) is 11.8 Å². The number of rotatable bonds is 1. The molecular weight excluding hydrogens is 214 g/mol. The molecule has 17 heavy (non-hydrogen) atoms. The van der Waals surface area contributed by atoms with E-state index in [0.29, 0.717) is 23.3 Å². The van der Waals surface area contributed by atoms with Gasteiger partial charge in [-0.05, 0) is 24.1 Å². The Bertz CT molecular complexity index is 554. The molecule has 3 heterocycles. The quantitative estimate of drug-likeness (QED) is 0.691. The number of amides is 2. The van der Waals surface area contributed by atoms with Crippen LogP contribution in [-0.2, 0) is 9.59 Å². The molecule has 4 rings (SSSR count). The number of benzene rings is 1. The summed E-state index contributed by atoms with van der Waals surface area (Å²) < 4.78 is 0. The van der Waals surface area contributed by atoms with Gasteiger partial charge >= 0.3 is 0 Å². The van der Waals surface area contributed by atoms with Gasteiger partial charge in [-0.3, -0.25) is 9.59 Å². The normalized spacial score (nSPS) is 22.2. The van der Waals surface area contributed by atoms with Crippen molar-refractivity contribution in [3.8, 4) is 0 Å². The molecule has 0 spiro atoms. The number of nitrogens with zero attached hydrogens (tertiary/aromatic N) is 1. The van der Waals surface area contributed by atoms with Gasteiger partial charge in [-0.2, -0.15) is 0 Å². The van der Waals surface area contributed by atoms with Gasteiger partial charge in [0.15, 0.2) is 0 Å². The highest BCUT2D eigenvalue weighted by atomic mass is 16.2. The van der Waals surface area contributed by atoms with Crippen molar-refractivity contribution in [1.82, 2.24) is 0 Å². The molecule has 1 aromatic rings. The van der Waals surface area contributed by atoms with Crippen LogP contribution in [0.3, 0.4) is 0 Å². The van der Waals surface area contributed by atoms with Crippen LogP contribution in [-0.4, -0.2) is 11.8 Å². The Balaban J connectivity index is 2.33. The van der Waals surface area contributed by atoms with Gasteiger partial charge in [0.05, 0.1) is 5.69 Å². The minimum absolute atomic E-state index is 0.000694. The molecule has 86 valence electrons. The maximum Gasteiger partial charge on any atom is 0.262 e. The summed E-state index contributed by atoms with van der Waals surface area (Å²) in [5.74, 6) is -0.284. The maximum absolute atomic E-state index is 12.3. The topological polar surface area (TPSA) is 37.4 Å². The lowest BCUT2D eigenvalue weighted by Crippen LogP contribution is -2.32. The van der Waals surface area contributed by atoms with E-state index in [0.717, 1.165) is 5.56 Å². The Labute approximate surface area is 99.7 Å². The first-order valence-electron chi connectivity index (χ1n) is 5.87. The molecule has 2 amide bonds. The average Bonchev–Trinajstić information content (AvgIpc) is 2.62. The van der Waals surface area contributed by atoms with Crippen molar-refractivity contribution in [2.75, 3.05) is 4.90 Å². The Morgan fingerprint density at radius 2 is 1.76 bits per heavy atom. The maximum atomic E-state index is 12.3. The summed E-state index contributed by atoms with van der Waals surface area (Å²) in [5, 5.41) is 0. The van der Waals surface area contributed by atoms with Crippen LogP contribution in [0.4, 0.5) is 5.69 Å². The third-order valence-corrected chi connectivity index (χ3v) is 3.66. The first-order chi connectivity index (χ1) is 8.15. The predicted octanol–water partition coefficient (Wildman–Crippen LogP) is 2.38. The zero-order valence-electron chi connectivity index (χ0n) is 9.86. The fourth-order valence-electron chi connectivity index (χ4n) is 2.69. The van der Waals surface area contributed by atoms with Gasteiger partial charge in [0.1, 0.15) is 0 Å². The molecule has 0 saturated carbocycles. The number of hydrogen-bond acceptors (Lipinski definition) is 2. The van der Waals surface area contributed by atoms with E-state index >= 15 is 0 Å². The standard InChI is InChI=1S/C14H13NO2/c1-3-11-12-8(2)9-4-6-10(7-5-9)15(13(11)16)14(12)17/h4-8H,3H2,1-2H3. The van der Waals surface area contributed by atoms with Gasteiger partial charge in [0.2, 0.25) is 0 Å². The van der Waals surface area contributed by atoms with Gasteiger partial charge in [-0.25, -0.2) is 4.90 Å². The minimum Gasteiger partial charge on any atom is -0.269 e. The lowest BCUT2D eigenvalue weighted by atomic mass is 9.89. The largest absolute Gasteiger partial charge is 0.269 e. The number of carbonyl (C=O) groups excluding carboxylic acids is 2. The van der Waals surface area contributed by atoms with E-state index in [-0.39, 0.29) is 17.7 Å². The summed E-state index contributed by atoms with van der Waals surface area (Å²) in [6, 6.07) is 7.67. The fourth-order valence-corrected chi connectivity index (χ4v) is 2.69. The van der Waals surface area contributed by atoms with E-state index in [9.17, 15) is 9.59 Å². The second kappa shape index (κ2) is 3.29. The number of carbonyl (C=O) groups is 2. The molecule has 1 atom stereocenters. The van der Waals surface area contributed by atoms with E-state index in [4.69, 9.17) is 0 Å². The zero-order valence-corrected chi connectivity index (χ0v) is 9.86. The lowest BCUT2D eigenvalue weighted by molar-refractivity contribution is -0.120. The summed E-state index contributed by atoms with van der Waals surface area (Å²) in [4.78, 5) is 25.8. The summed E-state index contributed by atoms with van der Waals surface area (Å²) in [7, 11) is 0. The molecule has 4 bridgehead atoms. The van der Waals surface area contributed by atoms with Crippen molar-refractivity contribution in [2.45, 2.75) is 26.2 Å². The summed E-state index contributed by atoms with van der Waals surface area (Å²) >= 11 is 0. The van der Waals surface area contributed by atoms with Crippen molar-refractivity contribution in [3.63, 3.8) is 0 Å². The zero-order chi connectivity index (χ0) is 12.2. The van der Waals surface area contributed by atoms with E-state index in [1.165, 1.54) is 4.90 Å². The Hall–Kier alpha value is -1.90. The van der Waals surface area contributed by atoms with Crippen LogP contribution in [0.15, 0.2) is 35.4 Å². The Kier molecular flexibility index (Phi) is 1.99. The van der Waals surface area contributed by atoms with Crippen molar-refractivity contribution in [3.05, 3.63) is 41.0 Å². The van der Waals surface area contributed by atoms with Crippen LogP contribution in [0.5, 0.6) is 0 Å². The van der Waals surface area contributed by atoms with E-state index in [2.05, 4.69) is 0 Å². The van der Waals surface area contributed by atoms with E-state index in [1.54, 1.807) is 0 Å². The second-order valence-corrected chi connectivity index (χ2v) is 4.50. The van der Waals surface area contributed by atoms with Crippen molar-refractivity contribution in [2.24, 2.45) is 0 Å². The number of anilines is 1. The molecule has 0 radical (unpaired) electrons. The van der Waals surface area contributed by atoms with Gasteiger partial charge < -0.3 is 0 Å². The van der Waals surface area contributed by atoms with E-state index < -0.39 is 0 Å². The molecule has 0 saturated heterocycles. The van der Waals surface area contributed by atoms with Crippen molar-refractivity contribution < 1.29 is 9.59 Å². The molecule has 0 fully saturated rings. The second-order valence-electron chi connectivity index (χ2n) is 4.50.